The fraction of sp³-hybridized carbons (Fsp3) is 0.545. The molecule has 1 aromatic heterocycles. The number of nitrogens with one attached hydrogen (secondary N) is 2. The van der Waals surface area contributed by atoms with Crippen molar-refractivity contribution < 1.29 is 14.1 Å². The topological polar surface area (TPSA) is 59.6 Å². The molecule has 1 saturated carbocycles. The third kappa shape index (κ3) is 4.66. The number of likely N-dealkylation sites (tertiary alicyclic amines) is 1. The summed E-state index contributed by atoms with van der Waals surface area (Å²) in [7, 11) is 0. The summed E-state index contributed by atoms with van der Waals surface area (Å²) in [6.07, 6.45) is 6.74. The molecule has 1 amide bonds. The van der Waals surface area contributed by atoms with E-state index in [0.29, 0.717) is 11.9 Å². The van der Waals surface area contributed by atoms with Gasteiger partial charge in [0.15, 0.2) is 0 Å². The summed E-state index contributed by atoms with van der Waals surface area (Å²) in [5.74, 6) is 2.03. The van der Waals surface area contributed by atoms with E-state index in [1.807, 2.05) is 31.2 Å². The molecule has 2 heterocycles. The molecule has 0 spiro atoms. The van der Waals surface area contributed by atoms with Crippen LogP contribution in [0.3, 0.4) is 0 Å². The quantitative estimate of drug-likeness (QED) is 0.740. The monoisotopic (exact) mass is 446 g/mol. The van der Waals surface area contributed by atoms with Gasteiger partial charge in [-0.05, 0) is 38.0 Å². The summed E-state index contributed by atoms with van der Waals surface area (Å²) in [6, 6.07) is 8.45. The van der Waals surface area contributed by atoms with Crippen LogP contribution in [0.15, 0.2) is 33.2 Å². The molecule has 2 N–H and O–H groups in total. The van der Waals surface area contributed by atoms with Crippen molar-refractivity contribution in [1.29, 1.82) is 0 Å². The summed E-state index contributed by atoms with van der Waals surface area (Å²) in [5, 5.41) is 3.27. The maximum Gasteiger partial charge on any atom is 0.226 e. The summed E-state index contributed by atoms with van der Waals surface area (Å²) in [5.41, 5.74) is 2.01. The molecular formula is C22H29BrN3O2+. The molecule has 0 atom stereocenters. The Kier molecular flexibility index (Phi) is 6.16. The van der Waals surface area contributed by atoms with Crippen LogP contribution in [-0.4, -0.2) is 30.0 Å². The molecule has 0 unspecified atom stereocenters. The lowest BCUT2D eigenvalue weighted by atomic mass is 9.95. The van der Waals surface area contributed by atoms with E-state index in [-0.39, 0.29) is 11.8 Å². The van der Waals surface area contributed by atoms with Crippen molar-refractivity contribution in [3.05, 3.63) is 40.2 Å². The van der Waals surface area contributed by atoms with Crippen LogP contribution in [0.1, 0.15) is 50.0 Å². The number of quaternary nitrogens is 1. The number of carbonyl (C=O) groups excluding carboxylic acids is 1. The number of halogens is 1. The highest BCUT2D eigenvalue weighted by Crippen LogP contribution is 2.24. The first kappa shape index (κ1) is 19.6. The van der Waals surface area contributed by atoms with E-state index in [4.69, 9.17) is 9.40 Å². The van der Waals surface area contributed by atoms with Gasteiger partial charge in [-0.1, -0.05) is 34.8 Å². The summed E-state index contributed by atoms with van der Waals surface area (Å²) >= 11 is 3.50. The molecule has 0 radical (unpaired) electrons. The Morgan fingerprint density at radius 1 is 1.25 bits per heavy atom. The Bertz CT molecular complexity index is 821. The molecule has 150 valence electrons. The van der Waals surface area contributed by atoms with Gasteiger partial charge in [0.1, 0.15) is 18.0 Å². The molecule has 1 aliphatic heterocycles. The van der Waals surface area contributed by atoms with Gasteiger partial charge >= 0.3 is 0 Å². The lowest BCUT2D eigenvalue weighted by Gasteiger charge is -2.29. The number of nitrogens with zero attached hydrogens (tertiary/aromatic N) is 1. The first-order valence-corrected chi connectivity index (χ1v) is 11.2. The minimum absolute atomic E-state index is 0.181. The second-order valence-electron chi connectivity index (χ2n) is 8.22. The Labute approximate surface area is 175 Å². The maximum absolute atomic E-state index is 12.5. The average Bonchev–Trinajstić information content (AvgIpc) is 3.32. The van der Waals surface area contributed by atoms with E-state index in [1.54, 1.807) is 0 Å². The Hall–Kier alpha value is -1.66. The van der Waals surface area contributed by atoms with Gasteiger partial charge in [0.05, 0.1) is 13.1 Å². The molecule has 1 saturated heterocycles. The zero-order valence-electron chi connectivity index (χ0n) is 16.5. The number of aryl methyl sites for hydroxylation is 1. The van der Waals surface area contributed by atoms with Crippen LogP contribution in [0.25, 0.3) is 11.5 Å². The highest BCUT2D eigenvalue weighted by molar-refractivity contribution is 9.10. The van der Waals surface area contributed by atoms with Crippen LogP contribution < -0.4 is 10.2 Å². The second-order valence-corrected chi connectivity index (χ2v) is 9.14. The van der Waals surface area contributed by atoms with Crippen molar-refractivity contribution in [3.8, 4) is 11.5 Å². The van der Waals surface area contributed by atoms with Crippen molar-refractivity contribution in [2.75, 3.05) is 13.1 Å². The van der Waals surface area contributed by atoms with Gasteiger partial charge in [0, 0.05) is 34.8 Å². The van der Waals surface area contributed by atoms with Crippen LogP contribution in [0.2, 0.25) is 0 Å². The standard InChI is InChI=1S/C22H28BrN3O2/c1-15-20(25-22(28-15)17-5-4-6-18(23)13-17)14-26-11-9-16(10-12-26)21(27)24-19-7-2-3-8-19/h4-6,13,16,19H,2-3,7-12,14H2,1H3,(H,24,27)/p+1. The van der Waals surface area contributed by atoms with Crippen molar-refractivity contribution in [3.63, 3.8) is 0 Å². The first-order chi connectivity index (χ1) is 13.6. The predicted octanol–water partition coefficient (Wildman–Crippen LogP) is 3.27. The molecular weight excluding hydrogens is 418 g/mol. The van der Waals surface area contributed by atoms with E-state index in [0.717, 1.165) is 66.8 Å². The maximum atomic E-state index is 12.5. The van der Waals surface area contributed by atoms with Crippen molar-refractivity contribution in [2.24, 2.45) is 5.92 Å². The van der Waals surface area contributed by atoms with E-state index in [2.05, 4.69) is 21.2 Å². The minimum atomic E-state index is 0.181. The molecule has 0 bridgehead atoms. The Morgan fingerprint density at radius 2 is 2.00 bits per heavy atom. The molecule has 4 rings (SSSR count). The van der Waals surface area contributed by atoms with Gasteiger partial charge in [0.2, 0.25) is 11.8 Å². The van der Waals surface area contributed by atoms with E-state index >= 15 is 0 Å². The average molecular weight is 447 g/mol. The smallest absolute Gasteiger partial charge is 0.226 e. The van der Waals surface area contributed by atoms with Gasteiger partial charge in [-0.2, -0.15) is 0 Å². The first-order valence-electron chi connectivity index (χ1n) is 10.4. The lowest BCUT2D eigenvalue weighted by molar-refractivity contribution is -0.919. The number of oxazole rings is 1. The van der Waals surface area contributed by atoms with Crippen LogP contribution in [0, 0.1) is 12.8 Å². The van der Waals surface area contributed by atoms with E-state index in [9.17, 15) is 4.79 Å². The van der Waals surface area contributed by atoms with Gasteiger partial charge in [-0.15, -0.1) is 0 Å². The van der Waals surface area contributed by atoms with Gasteiger partial charge < -0.3 is 14.6 Å². The van der Waals surface area contributed by atoms with Gasteiger partial charge in [-0.25, -0.2) is 4.98 Å². The van der Waals surface area contributed by atoms with E-state index < -0.39 is 0 Å². The zero-order valence-corrected chi connectivity index (χ0v) is 18.1. The molecule has 2 aromatic rings. The van der Waals surface area contributed by atoms with Crippen LogP contribution in [0.4, 0.5) is 0 Å². The Morgan fingerprint density at radius 3 is 2.71 bits per heavy atom. The van der Waals surface area contributed by atoms with Crippen LogP contribution in [-0.2, 0) is 11.3 Å². The number of benzene rings is 1. The summed E-state index contributed by atoms with van der Waals surface area (Å²) in [6.45, 7) is 4.88. The number of aromatic nitrogens is 1. The lowest BCUT2D eigenvalue weighted by Crippen LogP contribution is -3.12. The second kappa shape index (κ2) is 8.78. The third-order valence-corrected chi connectivity index (χ3v) is 6.64. The summed E-state index contributed by atoms with van der Waals surface area (Å²) < 4.78 is 6.94. The highest BCUT2D eigenvalue weighted by Gasteiger charge is 2.30. The fourth-order valence-corrected chi connectivity index (χ4v) is 4.83. The molecule has 5 nitrogen and oxygen atoms in total. The number of carbonyl (C=O) groups is 1. The van der Waals surface area contributed by atoms with Gasteiger partial charge in [-0.3, -0.25) is 4.79 Å². The van der Waals surface area contributed by atoms with Crippen molar-refractivity contribution in [2.45, 2.75) is 58.0 Å². The molecule has 2 aliphatic rings. The number of piperidine rings is 1. The molecule has 1 aliphatic carbocycles. The predicted molar refractivity (Wildman–Crippen MR) is 112 cm³/mol. The number of amides is 1. The minimum Gasteiger partial charge on any atom is -0.441 e. The fourth-order valence-electron chi connectivity index (χ4n) is 4.43. The molecule has 1 aromatic carbocycles. The molecule has 2 fully saturated rings. The van der Waals surface area contributed by atoms with Crippen LogP contribution in [0.5, 0.6) is 0 Å². The normalized spacial score (nSPS) is 23.1. The zero-order chi connectivity index (χ0) is 19.5. The largest absolute Gasteiger partial charge is 0.441 e. The van der Waals surface area contributed by atoms with Crippen LogP contribution >= 0.6 is 15.9 Å². The van der Waals surface area contributed by atoms with Gasteiger partial charge in [0.25, 0.3) is 0 Å². The summed E-state index contributed by atoms with van der Waals surface area (Å²) in [4.78, 5) is 18.7. The Balaban J connectivity index is 1.32. The number of rotatable bonds is 5. The SMILES string of the molecule is Cc1oc(-c2cccc(Br)c2)nc1C[NH+]1CCC(C(=O)NC2CCCC2)CC1. The number of hydrogen-bond donors (Lipinski definition) is 2. The van der Waals surface area contributed by atoms with Crippen molar-refractivity contribution >= 4 is 21.8 Å². The van der Waals surface area contributed by atoms with E-state index in [1.165, 1.54) is 17.7 Å². The third-order valence-electron chi connectivity index (χ3n) is 6.15. The highest BCUT2D eigenvalue weighted by atomic mass is 79.9. The molecule has 6 heteroatoms. The van der Waals surface area contributed by atoms with Crippen molar-refractivity contribution in [1.82, 2.24) is 10.3 Å². The molecule has 28 heavy (non-hydrogen) atoms. The number of hydrogen-bond acceptors (Lipinski definition) is 3.